The van der Waals surface area contributed by atoms with Crippen LogP contribution in [0.15, 0.2) is 29.6 Å². The minimum atomic E-state index is -0.240. The van der Waals surface area contributed by atoms with E-state index in [4.69, 9.17) is 4.74 Å². The number of pyridine rings is 1. The molecule has 3 rings (SSSR count). The Bertz CT molecular complexity index is 661. The number of fused-ring (bicyclic) bond motifs is 1. The maximum Gasteiger partial charge on any atom is 0.316 e. The molecule has 2 aromatic rings. The van der Waals surface area contributed by atoms with Crippen LogP contribution in [-0.2, 0) is 22.4 Å². The molecule has 2 aromatic heterocycles. The molecule has 0 amide bonds. The maximum absolute atomic E-state index is 11.3. The van der Waals surface area contributed by atoms with Crippen LogP contribution in [0.4, 0.5) is 0 Å². The number of carbonyl (C=O) groups is 1. The molecule has 0 bridgehead atoms. The number of aryl methyl sites for hydroxylation is 1. The van der Waals surface area contributed by atoms with Crippen LogP contribution in [0.1, 0.15) is 17.7 Å². The Labute approximate surface area is 127 Å². The molecule has 1 aliphatic carbocycles. The average molecular weight is 301 g/mol. The molecule has 21 heavy (non-hydrogen) atoms. The Balaban J connectivity index is 1.95. The van der Waals surface area contributed by atoms with Gasteiger partial charge in [0.2, 0.25) is 0 Å². The second-order valence-electron chi connectivity index (χ2n) is 4.73. The van der Waals surface area contributed by atoms with E-state index in [0.717, 1.165) is 35.5 Å². The van der Waals surface area contributed by atoms with Gasteiger partial charge >= 0.3 is 5.97 Å². The van der Waals surface area contributed by atoms with Crippen LogP contribution in [0, 0.1) is 0 Å². The van der Waals surface area contributed by atoms with Crippen LogP contribution in [0.2, 0.25) is 0 Å². The lowest BCUT2D eigenvalue weighted by molar-refractivity contribution is -0.137. The number of ether oxygens (including phenoxy) is 1. The molecule has 6 heteroatoms. The fourth-order valence-corrected chi connectivity index (χ4v) is 3.25. The van der Waals surface area contributed by atoms with Crippen molar-refractivity contribution in [3.05, 3.63) is 35.8 Å². The molecule has 2 heterocycles. The highest BCUT2D eigenvalue weighted by Crippen LogP contribution is 2.31. The lowest BCUT2D eigenvalue weighted by Gasteiger charge is -2.09. The molecule has 0 atom stereocenters. The van der Waals surface area contributed by atoms with E-state index in [-0.39, 0.29) is 11.7 Å². The summed E-state index contributed by atoms with van der Waals surface area (Å²) in [4.78, 5) is 24.7. The Morgan fingerprint density at radius 1 is 1.29 bits per heavy atom. The summed E-state index contributed by atoms with van der Waals surface area (Å²) >= 11 is 1.43. The Kier molecular flexibility index (Phi) is 4.15. The van der Waals surface area contributed by atoms with E-state index in [1.165, 1.54) is 24.4 Å². The fourth-order valence-electron chi connectivity index (χ4n) is 2.33. The number of hydrogen-bond donors (Lipinski definition) is 0. The zero-order chi connectivity index (χ0) is 14.7. The van der Waals surface area contributed by atoms with Crippen molar-refractivity contribution in [1.82, 2.24) is 15.0 Å². The summed E-state index contributed by atoms with van der Waals surface area (Å²) < 4.78 is 4.69. The molecule has 0 spiro atoms. The maximum atomic E-state index is 11.3. The standard InChI is InChI=1S/C15H15N3O2S/c1-20-13(19)9-21-15-11-3-2-4-12(11)17-14(18-15)10-5-7-16-8-6-10/h5-8H,2-4,9H2,1H3. The van der Waals surface area contributed by atoms with Crippen molar-refractivity contribution >= 4 is 17.7 Å². The molecule has 5 nitrogen and oxygen atoms in total. The van der Waals surface area contributed by atoms with Gasteiger partial charge in [0.25, 0.3) is 0 Å². The zero-order valence-corrected chi connectivity index (χ0v) is 12.5. The van der Waals surface area contributed by atoms with E-state index in [1.807, 2.05) is 12.1 Å². The van der Waals surface area contributed by atoms with E-state index in [2.05, 4.69) is 15.0 Å². The number of aromatic nitrogens is 3. The second-order valence-corrected chi connectivity index (χ2v) is 5.70. The third-order valence-electron chi connectivity index (χ3n) is 3.39. The lowest BCUT2D eigenvalue weighted by atomic mass is 10.2. The van der Waals surface area contributed by atoms with Crippen LogP contribution in [0.5, 0.6) is 0 Å². The quantitative estimate of drug-likeness (QED) is 0.490. The summed E-state index contributed by atoms with van der Waals surface area (Å²) in [6.07, 6.45) is 6.51. The monoisotopic (exact) mass is 301 g/mol. The molecule has 0 saturated heterocycles. The van der Waals surface area contributed by atoms with Gasteiger partial charge in [0.1, 0.15) is 5.03 Å². The number of hydrogen-bond acceptors (Lipinski definition) is 6. The van der Waals surface area contributed by atoms with Crippen LogP contribution >= 0.6 is 11.8 Å². The number of nitrogens with zero attached hydrogens (tertiary/aromatic N) is 3. The highest BCUT2D eigenvalue weighted by Gasteiger charge is 2.20. The molecular formula is C15H15N3O2S. The Morgan fingerprint density at radius 2 is 2.10 bits per heavy atom. The highest BCUT2D eigenvalue weighted by atomic mass is 32.2. The van der Waals surface area contributed by atoms with Gasteiger partial charge in [0.15, 0.2) is 5.82 Å². The van der Waals surface area contributed by atoms with Crippen LogP contribution in [-0.4, -0.2) is 33.8 Å². The Morgan fingerprint density at radius 3 is 2.86 bits per heavy atom. The Hall–Kier alpha value is -1.95. The third-order valence-corrected chi connectivity index (χ3v) is 4.38. The molecule has 0 N–H and O–H groups in total. The van der Waals surface area contributed by atoms with Crippen molar-refractivity contribution in [3.8, 4) is 11.4 Å². The summed E-state index contributed by atoms with van der Waals surface area (Å²) in [7, 11) is 1.40. The normalized spacial score (nSPS) is 13.0. The molecule has 0 radical (unpaired) electrons. The van der Waals surface area contributed by atoms with E-state index in [0.29, 0.717) is 5.82 Å². The van der Waals surface area contributed by atoms with E-state index >= 15 is 0 Å². The molecule has 0 aliphatic heterocycles. The van der Waals surface area contributed by atoms with Gasteiger partial charge in [0, 0.05) is 29.2 Å². The van der Waals surface area contributed by atoms with Gasteiger partial charge in [-0.05, 0) is 31.4 Å². The minimum absolute atomic E-state index is 0.240. The van der Waals surface area contributed by atoms with E-state index in [9.17, 15) is 4.79 Å². The van der Waals surface area contributed by atoms with E-state index in [1.54, 1.807) is 12.4 Å². The van der Waals surface area contributed by atoms with Gasteiger partial charge in [-0.3, -0.25) is 9.78 Å². The van der Waals surface area contributed by atoms with Crippen molar-refractivity contribution < 1.29 is 9.53 Å². The number of carbonyl (C=O) groups excluding carboxylic acids is 1. The second kappa shape index (κ2) is 6.22. The summed E-state index contributed by atoms with van der Waals surface area (Å²) in [5.41, 5.74) is 3.23. The molecule has 108 valence electrons. The van der Waals surface area contributed by atoms with Crippen molar-refractivity contribution in [1.29, 1.82) is 0 Å². The van der Waals surface area contributed by atoms with Crippen LogP contribution in [0.3, 0.4) is 0 Å². The molecule has 1 aliphatic rings. The SMILES string of the molecule is COC(=O)CSc1nc(-c2ccncc2)nc2c1CCC2. The lowest BCUT2D eigenvalue weighted by Crippen LogP contribution is -2.05. The van der Waals surface area contributed by atoms with Gasteiger partial charge in [-0.15, -0.1) is 0 Å². The summed E-state index contributed by atoms with van der Waals surface area (Å²) in [5, 5.41) is 0.898. The van der Waals surface area contributed by atoms with E-state index < -0.39 is 0 Å². The number of esters is 1. The van der Waals surface area contributed by atoms with Gasteiger partial charge in [-0.1, -0.05) is 11.8 Å². The largest absolute Gasteiger partial charge is 0.468 e. The fraction of sp³-hybridized carbons (Fsp3) is 0.333. The predicted octanol–water partition coefficient (Wildman–Crippen LogP) is 2.29. The van der Waals surface area contributed by atoms with Crippen LogP contribution in [0.25, 0.3) is 11.4 Å². The molecule has 0 saturated carbocycles. The molecule has 0 unspecified atom stereocenters. The van der Waals surface area contributed by atoms with Crippen LogP contribution < -0.4 is 0 Å². The smallest absolute Gasteiger partial charge is 0.316 e. The molecule has 0 fully saturated rings. The third kappa shape index (κ3) is 3.05. The van der Waals surface area contributed by atoms with Crippen molar-refractivity contribution in [3.63, 3.8) is 0 Å². The number of methoxy groups -OCH3 is 1. The topological polar surface area (TPSA) is 65.0 Å². The summed E-state index contributed by atoms with van der Waals surface area (Å²) in [6, 6.07) is 3.79. The van der Waals surface area contributed by atoms with Gasteiger partial charge < -0.3 is 4.74 Å². The predicted molar refractivity (Wildman–Crippen MR) is 80.0 cm³/mol. The minimum Gasteiger partial charge on any atom is -0.468 e. The summed E-state index contributed by atoms with van der Waals surface area (Å²) in [5.74, 6) is 0.733. The first-order chi connectivity index (χ1) is 10.3. The molecule has 0 aromatic carbocycles. The first kappa shape index (κ1) is 14.0. The first-order valence-electron chi connectivity index (χ1n) is 6.77. The van der Waals surface area contributed by atoms with Gasteiger partial charge in [0.05, 0.1) is 12.9 Å². The number of thioether (sulfide) groups is 1. The number of rotatable bonds is 4. The zero-order valence-electron chi connectivity index (χ0n) is 11.7. The highest BCUT2D eigenvalue weighted by molar-refractivity contribution is 7.99. The first-order valence-corrected chi connectivity index (χ1v) is 7.76. The van der Waals surface area contributed by atoms with Gasteiger partial charge in [-0.2, -0.15) is 0 Å². The van der Waals surface area contributed by atoms with Crippen molar-refractivity contribution in [2.24, 2.45) is 0 Å². The van der Waals surface area contributed by atoms with Crippen molar-refractivity contribution in [2.75, 3.05) is 12.9 Å². The average Bonchev–Trinajstić information content (AvgIpc) is 3.01. The molecular weight excluding hydrogens is 286 g/mol. The van der Waals surface area contributed by atoms with Gasteiger partial charge in [-0.25, -0.2) is 9.97 Å². The van der Waals surface area contributed by atoms with Crippen molar-refractivity contribution in [2.45, 2.75) is 24.3 Å². The summed E-state index contributed by atoms with van der Waals surface area (Å²) in [6.45, 7) is 0.